The lowest BCUT2D eigenvalue weighted by Crippen LogP contribution is -2.31. The van der Waals surface area contributed by atoms with Crippen molar-refractivity contribution in [2.24, 2.45) is 0 Å². The van der Waals surface area contributed by atoms with Crippen LogP contribution in [0.15, 0.2) is 6.07 Å². The molecule has 0 amide bonds. The molecule has 3 heteroatoms. The van der Waals surface area contributed by atoms with E-state index >= 15 is 0 Å². The van der Waals surface area contributed by atoms with E-state index in [1.54, 1.807) is 0 Å². The van der Waals surface area contributed by atoms with Crippen molar-refractivity contribution >= 4 is 18.6 Å². The summed E-state index contributed by atoms with van der Waals surface area (Å²) in [4.78, 5) is 13.3. The van der Waals surface area contributed by atoms with Crippen molar-refractivity contribution in [2.75, 3.05) is 6.54 Å². The maximum Gasteiger partial charge on any atom is 0.166 e. The summed E-state index contributed by atoms with van der Waals surface area (Å²) < 4.78 is 0. The Labute approximate surface area is 63.4 Å². The summed E-state index contributed by atoms with van der Waals surface area (Å²) in [6.07, 6.45) is 4.74. The topological polar surface area (TPSA) is 44.9 Å². The van der Waals surface area contributed by atoms with Crippen LogP contribution in [0.2, 0.25) is 0 Å². The predicted octanol–water partition coefficient (Wildman–Crippen LogP) is -1.05. The van der Waals surface area contributed by atoms with Crippen LogP contribution in [-0.4, -0.2) is 17.8 Å². The van der Waals surface area contributed by atoms with Gasteiger partial charge in [-0.25, -0.2) is 0 Å². The molecule has 0 fully saturated rings. The number of rotatable bonds is 1. The summed E-state index contributed by atoms with van der Waals surface area (Å²) in [6, 6.07) is 1.82. The summed E-state index contributed by atoms with van der Waals surface area (Å²) >= 11 is 0. The van der Waals surface area contributed by atoms with Crippen LogP contribution in [0.1, 0.15) is 10.5 Å². The van der Waals surface area contributed by atoms with Crippen molar-refractivity contribution in [3.63, 3.8) is 0 Å². The predicted molar refractivity (Wildman–Crippen MR) is 42.4 cm³/mol. The summed E-state index contributed by atoms with van der Waals surface area (Å²) in [7, 11) is 0. The third-order valence-corrected chi connectivity index (χ3v) is 1.71. The highest BCUT2D eigenvalue weighted by Crippen LogP contribution is 1.80. The maximum atomic E-state index is 10.3. The fourth-order valence-corrected chi connectivity index (χ4v) is 1.19. The molecule has 0 aliphatic carbocycles. The maximum absolute atomic E-state index is 10.3. The van der Waals surface area contributed by atoms with Crippen molar-refractivity contribution < 1.29 is 4.79 Å². The van der Waals surface area contributed by atoms with Gasteiger partial charge in [-0.05, 0) is 12.1 Å². The molecule has 1 aliphatic heterocycles. The van der Waals surface area contributed by atoms with Gasteiger partial charge in [-0.1, -0.05) is 0 Å². The standard InChI is InChI=1S/C8H8N2O/c11-5-7-3-6-4-9-2-1-8(6)10-7/h1,3-5,9-10H,2H2. The molecule has 0 saturated heterocycles. The average Bonchev–Trinajstić information content (AvgIpc) is 2.46. The molecule has 2 N–H and O–H groups in total. The Bertz CT molecular complexity index is 355. The van der Waals surface area contributed by atoms with Crippen LogP contribution in [-0.2, 0) is 0 Å². The Morgan fingerprint density at radius 3 is 3.18 bits per heavy atom. The molecule has 0 saturated carbocycles. The van der Waals surface area contributed by atoms with Gasteiger partial charge >= 0.3 is 0 Å². The number of hydrogen-bond acceptors (Lipinski definition) is 2. The van der Waals surface area contributed by atoms with E-state index in [0.717, 1.165) is 23.4 Å². The molecular formula is C8H8N2O. The highest BCUT2D eigenvalue weighted by atomic mass is 16.1. The van der Waals surface area contributed by atoms with Gasteiger partial charge in [-0.15, -0.1) is 0 Å². The number of nitrogens with one attached hydrogen (secondary N) is 2. The number of aldehydes is 1. The zero-order valence-electron chi connectivity index (χ0n) is 5.92. The van der Waals surface area contributed by atoms with Gasteiger partial charge in [0.15, 0.2) is 6.29 Å². The second-order valence-corrected chi connectivity index (χ2v) is 2.47. The summed E-state index contributed by atoms with van der Waals surface area (Å²) in [5.74, 6) is 0. The van der Waals surface area contributed by atoms with E-state index in [2.05, 4.69) is 10.3 Å². The molecule has 0 spiro atoms. The van der Waals surface area contributed by atoms with Gasteiger partial charge < -0.3 is 10.3 Å². The second kappa shape index (κ2) is 2.27. The molecule has 0 aromatic carbocycles. The number of carbonyl (C=O) groups is 1. The summed E-state index contributed by atoms with van der Waals surface area (Å²) in [6.45, 7) is 0.825. The number of aromatic nitrogens is 1. The van der Waals surface area contributed by atoms with E-state index < -0.39 is 0 Å². The number of aromatic amines is 1. The van der Waals surface area contributed by atoms with E-state index in [0.29, 0.717) is 5.69 Å². The molecule has 11 heavy (non-hydrogen) atoms. The van der Waals surface area contributed by atoms with E-state index in [-0.39, 0.29) is 0 Å². The van der Waals surface area contributed by atoms with Crippen molar-refractivity contribution in [1.29, 1.82) is 0 Å². The third kappa shape index (κ3) is 0.941. The fourth-order valence-electron chi connectivity index (χ4n) is 1.19. The van der Waals surface area contributed by atoms with Crippen LogP contribution in [0.3, 0.4) is 0 Å². The van der Waals surface area contributed by atoms with E-state index in [4.69, 9.17) is 0 Å². The quantitative estimate of drug-likeness (QED) is 0.499. The molecule has 1 aromatic heterocycles. The van der Waals surface area contributed by atoms with Gasteiger partial charge in [-0.2, -0.15) is 0 Å². The molecule has 0 unspecified atom stereocenters. The monoisotopic (exact) mass is 148 g/mol. The van der Waals surface area contributed by atoms with Gasteiger partial charge in [0.1, 0.15) is 0 Å². The molecule has 0 bridgehead atoms. The van der Waals surface area contributed by atoms with E-state index in [1.165, 1.54) is 0 Å². The molecule has 56 valence electrons. The van der Waals surface area contributed by atoms with Crippen molar-refractivity contribution in [3.8, 4) is 0 Å². The first-order valence-electron chi connectivity index (χ1n) is 3.48. The zero-order chi connectivity index (χ0) is 7.68. The first-order valence-corrected chi connectivity index (χ1v) is 3.48. The second-order valence-electron chi connectivity index (χ2n) is 2.47. The minimum Gasteiger partial charge on any atom is -0.387 e. The van der Waals surface area contributed by atoms with Gasteiger partial charge in [0.25, 0.3) is 0 Å². The van der Waals surface area contributed by atoms with Crippen molar-refractivity contribution in [3.05, 3.63) is 22.3 Å². The summed E-state index contributed by atoms with van der Waals surface area (Å²) in [5.41, 5.74) is 0.631. The Morgan fingerprint density at radius 2 is 2.45 bits per heavy atom. The van der Waals surface area contributed by atoms with Crippen LogP contribution in [0, 0.1) is 0 Å². The largest absolute Gasteiger partial charge is 0.387 e. The smallest absolute Gasteiger partial charge is 0.166 e. The highest BCUT2D eigenvalue weighted by Gasteiger charge is 1.96. The Balaban J connectivity index is 2.75. The lowest BCUT2D eigenvalue weighted by Gasteiger charge is -1.96. The van der Waals surface area contributed by atoms with Crippen LogP contribution in [0.25, 0.3) is 12.3 Å². The van der Waals surface area contributed by atoms with Crippen molar-refractivity contribution in [2.45, 2.75) is 0 Å². The van der Waals surface area contributed by atoms with Gasteiger partial charge in [0.05, 0.1) is 5.69 Å². The normalized spacial score (nSPS) is 13.8. The molecular weight excluding hydrogens is 140 g/mol. The minimum atomic E-state index is 0.631. The van der Waals surface area contributed by atoms with Crippen LogP contribution < -0.4 is 15.9 Å². The van der Waals surface area contributed by atoms with Gasteiger partial charge in [0.2, 0.25) is 0 Å². The number of carbonyl (C=O) groups excluding carboxylic acids is 1. The molecule has 0 radical (unpaired) electrons. The van der Waals surface area contributed by atoms with Crippen molar-refractivity contribution in [1.82, 2.24) is 10.3 Å². The van der Waals surface area contributed by atoms with Crippen LogP contribution >= 0.6 is 0 Å². The first-order chi connectivity index (χ1) is 5.40. The Kier molecular flexibility index (Phi) is 1.28. The van der Waals surface area contributed by atoms with Gasteiger partial charge in [-0.3, -0.25) is 4.79 Å². The van der Waals surface area contributed by atoms with Crippen LogP contribution in [0.4, 0.5) is 0 Å². The molecule has 3 nitrogen and oxygen atoms in total. The average molecular weight is 148 g/mol. The first kappa shape index (κ1) is 6.22. The SMILES string of the molecule is O=Cc1cc2c([nH]1)=CCNC=2. The number of H-pyrrole nitrogens is 1. The fraction of sp³-hybridized carbons (Fsp3) is 0.125. The third-order valence-electron chi connectivity index (χ3n) is 1.71. The lowest BCUT2D eigenvalue weighted by molar-refractivity contribution is 0.111. The summed E-state index contributed by atoms with van der Waals surface area (Å²) in [5, 5.41) is 5.15. The Morgan fingerprint density at radius 1 is 1.55 bits per heavy atom. The number of hydrogen-bond donors (Lipinski definition) is 2. The van der Waals surface area contributed by atoms with E-state index in [1.807, 2.05) is 18.3 Å². The zero-order valence-corrected chi connectivity index (χ0v) is 5.92. The molecule has 2 rings (SSSR count). The Hall–Kier alpha value is -1.51. The van der Waals surface area contributed by atoms with E-state index in [9.17, 15) is 4.79 Å². The van der Waals surface area contributed by atoms with Crippen LogP contribution in [0.5, 0.6) is 0 Å². The van der Waals surface area contributed by atoms with Gasteiger partial charge in [0, 0.05) is 23.3 Å². The molecule has 1 aliphatic rings. The minimum absolute atomic E-state index is 0.631. The molecule has 1 aromatic rings. The number of fused-ring (bicyclic) bond motifs is 1. The molecule has 2 heterocycles. The molecule has 0 atom stereocenters. The highest BCUT2D eigenvalue weighted by molar-refractivity contribution is 5.72. The lowest BCUT2D eigenvalue weighted by atomic mass is 10.3.